The summed E-state index contributed by atoms with van der Waals surface area (Å²) in [6.45, 7) is 2.06. The first-order chi connectivity index (χ1) is 8.29. The first-order valence-electron chi connectivity index (χ1n) is 5.92. The molecule has 3 rings (SSSR count). The third-order valence-electron chi connectivity index (χ3n) is 3.35. The van der Waals surface area contributed by atoms with Crippen LogP contribution in [-0.2, 0) is 12.8 Å². The largest absolute Gasteiger partial charge is 0.296 e. The topological polar surface area (TPSA) is 34.9 Å². The van der Waals surface area contributed by atoms with Crippen molar-refractivity contribution in [3.63, 3.8) is 0 Å². The van der Waals surface area contributed by atoms with Gasteiger partial charge in [0.2, 0.25) is 0 Å². The lowest BCUT2D eigenvalue weighted by Crippen LogP contribution is -2.01. The van der Waals surface area contributed by atoms with Gasteiger partial charge in [0.05, 0.1) is 5.69 Å². The van der Waals surface area contributed by atoms with Gasteiger partial charge in [-0.05, 0) is 38.3 Å². The van der Waals surface area contributed by atoms with Crippen LogP contribution in [-0.4, -0.2) is 16.1 Å². The molecule has 0 saturated carbocycles. The van der Waals surface area contributed by atoms with Crippen molar-refractivity contribution in [2.24, 2.45) is 0 Å². The molecule has 1 aromatic carbocycles. The summed E-state index contributed by atoms with van der Waals surface area (Å²) in [5.74, 6) is 0. The minimum absolute atomic E-state index is 0.609. The quantitative estimate of drug-likeness (QED) is 0.737. The van der Waals surface area contributed by atoms with Crippen molar-refractivity contribution in [1.82, 2.24) is 9.78 Å². The van der Waals surface area contributed by atoms with Crippen molar-refractivity contribution in [3.8, 4) is 5.69 Å². The van der Waals surface area contributed by atoms with E-state index in [0.29, 0.717) is 5.69 Å². The predicted molar refractivity (Wildman–Crippen MR) is 65.7 cm³/mol. The molecule has 0 fully saturated rings. The van der Waals surface area contributed by atoms with Gasteiger partial charge in [-0.2, -0.15) is 5.10 Å². The van der Waals surface area contributed by atoms with Crippen molar-refractivity contribution in [1.29, 1.82) is 0 Å². The van der Waals surface area contributed by atoms with E-state index in [1.165, 1.54) is 11.3 Å². The van der Waals surface area contributed by atoms with Crippen LogP contribution in [0.2, 0.25) is 0 Å². The Morgan fingerprint density at radius 1 is 1.24 bits per heavy atom. The number of hydrogen-bond acceptors (Lipinski definition) is 2. The standard InChI is InChI=1S/C14H14N2O/c1-10-5-7-11(8-6-10)16-14-4-2-3-12(14)13(9-17)15-16/h5-9H,2-4H2,1H3. The second-order valence-electron chi connectivity index (χ2n) is 4.53. The fourth-order valence-electron chi connectivity index (χ4n) is 2.46. The molecule has 17 heavy (non-hydrogen) atoms. The number of fused-ring (bicyclic) bond motifs is 1. The Hall–Kier alpha value is -1.90. The molecule has 1 aliphatic rings. The number of nitrogens with zero attached hydrogens (tertiary/aromatic N) is 2. The van der Waals surface area contributed by atoms with Crippen LogP contribution >= 0.6 is 0 Å². The van der Waals surface area contributed by atoms with E-state index in [-0.39, 0.29) is 0 Å². The van der Waals surface area contributed by atoms with Crippen LogP contribution in [0.3, 0.4) is 0 Å². The van der Waals surface area contributed by atoms with E-state index in [1.54, 1.807) is 0 Å². The summed E-state index contributed by atoms with van der Waals surface area (Å²) in [4.78, 5) is 11.0. The maximum atomic E-state index is 11.0. The van der Waals surface area contributed by atoms with E-state index >= 15 is 0 Å². The lowest BCUT2D eigenvalue weighted by molar-refractivity contribution is 0.111. The number of carbonyl (C=O) groups is 1. The smallest absolute Gasteiger partial charge is 0.170 e. The molecule has 0 saturated heterocycles. The van der Waals surface area contributed by atoms with Crippen molar-refractivity contribution in [2.75, 3.05) is 0 Å². The Labute approximate surface area is 100 Å². The summed E-state index contributed by atoms with van der Waals surface area (Å²) in [6, 6.07) is 8.24. The maximum Gasteiger partial charge on any atom is 0.170 e. The Balaban J connectivity index is 2.15. The summed E-state index contributed by atoms with van der Waals surface area (Å²) in [7, 11) is 0. The minimum Gasteiger partial charge on any atom is -0.296 e. The number of aldehydes is 1. The van der Waals surface area contributed by atoms with Gasteiger partial charge in [-0.15, -0.1) is 0 Å². The molecule has 0 atom stereocenters. The van der Waals surface area contributed by atoms with Crippen LogP contribution in [0.1, 0.15) is 33.7 Å². The van der Waals surface area contributed by atoms with E-state index in [4.69, 9.17) is 0 Å². The van der Waals surface area contributed by atoms with Gasteiger partial charge in [0, 0.05) is 11.3 Å². The van der Waals surface area contributed by atoms with E-state index in [9.17, 15) is 4.79 Å². The SMILES string of the molecule is Cc1ccc(-n2nc(C=O)c3c2CCC3)cc1. The molecule has 0 amide bonds. The molecule has 0 bridgehead atoms. The number of aryl methyl sites for hydroxylation is 1. The highest BCUT2D eigenvalue weighted by Crippen LogP contribution is 2.26. The Morgan fingerprint density at radius 2 is 2.00 bits per heavy atom. The lowest BCUT2D eigenvalue weighted by atomic mass is 10.2. The van der Waals surface area contributed by atoms with Gasteiger partial charge in [-0.25, -0.2) is 4.68 Å². The molecule has 1 aliphatic carbocycles. The molecule has 0 radical (unpaired) electrons. The molecule has 1 heterocycles. The number of carbonyl (C=O) groups excluding carboxylic acids is 1. The normalized spacial score (nSPS) is 13.7. The van der Waals surface area contributed by atoms with E-state index in [1.807, 2.05) is 4.68 Å². The van der Waals surface area contributed by atoms with Crippen LogP contribution in [0.5, 0.6) is 0 Å². The highest BCUT2D eigenvalue weighted by atomic mass is 16.1. The van der Waals surface area contributed by atoms with E-state index in [0.717, 1.165) is 36.8 Å². The average molecular weight is 226 g/mol. The minimum atomic E-state index is 0.609. The number of hydrogen-bond donors (Lipinski definition) is 0. The molecular weight excluding hydrogens is 212 g/mol. The highest BCUT2D eigenvalue weighted by molar-refractivity contribution is 5.75. The zero-order valence-corrected chi connectivity index (χ0v) is 9.81. The number of aromatic nitrogens is 2. The van der Waals surface area contributed by atoms with Gasteiger partial charge >= 0.3 is 0 Å². The molecule has 0 spiro atoms. The lowest BCUT2D eigenvalue weighted by Gasteiger charge is -2.05. The third-order valence-corrected chi connectivity index (χ3v) is 3.35. The maximum absolute atomic E-state index is 11.0. The molecule has 2 aromatic rings. The van der Waals surface area contributed by atoms with Crippen LogP contribution in [0.15, 0.2) is 24.3 Å². The fraction of sp³-hybridized carbons (Fsp3) is 0.286. The summed E-state index contributed by atoms with van der Waals surface area (Å²) < 4.78 is 1.92. The van der Waals surface area contributed by atoms with Gasteiger partial charge in [0.25, 0.3) is 0 Å². The van der Waals surface area contributed by atoms with Gasteiger partial charge in [0.1, 0.15) is 5.69 Å². The number of rotatable bonds is 2. The van der Waals surface area contributed by atoms with Crippen molar-refractivity contribution < 1.29 is 4.79 Å². The Bertz CT molecular complexity index is 567. The highest BCUT2D eigenvalue weighted by Gasteiger charge is 2.22. The van der Waals surface area contributed by atoms with Crippen LogP contribution in [0.4, 0.5) is 0 Å². The third kappa shape index (κ3) is 1.58. The summed E-state index contributed by atoms with van der Waals surface area (Å²) in [5.41, 5.74) is 5.23. The Kier molecular flexibility index (Phi) is 2.32. The first kappa shape index (κ1) is 10.3. The first-order valence-corrected chi connectivity index (χ1v) is 5.92. The molecule has 0 unspecified atom stereocenters. The fourth-order valence-corrected chi connectivity index (χ4v) is 2.46. The van der Waals surface area contributed by atoms with Crippen LogP contribution < -0.4 is 0 Å². The molecule has 1 aromatic heterocycles. The second-order valence-corrected chi connectivity index (χ2v) is 4.53. The van der Waals surface area contributed by atoms with Crippen molar-refractivity contribution in [2.45, 2.75) is 26.2 Å². The van der Waals surface area contributed by atoms with E-state index in [2.05, 4.69) is 36.3 Å². The van der Waals surface area contributed by atoms with Crippen molar-refractivity contribution in [3.05, 3.63) is 46.8 Å². The van der Waals surface area contributed by atoms with Crippen molar-refractivity contribution >= 4 is 6.29 Å². The van der Waals surface area contributed by atoms with Gasteiger partial charge in [0.15, 0.2) is 6.29 Å². The second kappa shape index (κ2) is 3.84. The van der Waals surface area contributed by atoms with E-state index < -0.39 is 0 Å². The average Bonchev–Trinajstić information content (AvgIpc) is 2.91. The zero-order chi connectivity index (χ0) is 11.8. The molecule has 0 N–H and O–H groups in total. The molecule has 86 valence electrons. The van der Waals surface area contributed by atoms with Crippen LogP contribution in [0.25, 0.3) is 5.69 Å². The number of benzene rings is 1. The molecule has 3 heteroatoms. The summed E-state index contributed by atoms with van der Waals surface area (Å²) >= 11 is 0. The summed E-state index contributed by atoms with van der Waals surface area (Å²) in [5, 5.41) is 4.40. The zero-order valence-electron chi connectivity index (χ0n) is 9.81. The van der Waals surface area contributed by atoms with Gasteiger partial charge in [-0.1, -0.05) is 17.7 Å². The van der Waals surface area contributed by atoms with Gasteiger partial charge in [-0.3, -0.25) is 4.79 Å². The Morgan fingerprint density at radius 3 is 2.71 bits per heavy atom. The molecule has 0 aliphatic heterocycles. The summed E-state index contributed by atoms with van der Waals surface area (Å²) in [6.07, 6.45) is 3.99. The van der Waals surface area contributed by atoms with Crippen LogP contribution in [0, 0.1) is 6.92 Å². The monoisotopic (exact) mass is 226 g/mol. The predicted octanol–water partition coefficient (Wildman–Crippen LogP) is 2.48. The molecule has 3 nitrogen and oxygen atoms in total. The molecular formula is C14H14N2O. The van der Waals surface area contributed by atoms with Gasteiger partial charge < -0.3 is 0 Å².